The summed E-state index contributed by atoms with van der Waals surface area (Å²) < 4.78 is 0.767. The molecule has 0 saturated carbocycles. The number of benzene rings is 2. The fourth-order valence-electron chi connectivity index (χ4n) is 5.23. The van der Waals surface area contributed by atoms with Gasteiger partial charge in [0.1, 0.15) is 4.60 Å². The number of likely N-dealkylation sites (tertiary alicyclic amines) is 1. The normalized spacial score (nSPS) is 22.0. The Morgan fingerprint density at radius 1 is 1.08 bits per heavy atom. The van der Waals surface area contributed by atoms with Crippen LogP contribution in [0.2, 0.25) is 10.0 Å². The molecule has 8 heteroatoms. The first-order chi connectivity index (χ1) is 17.2. The number of carboxylic acids is 1. The molecule has 0 spiro atoms. The molecule has 0 bridgehead atoms. The molecule has 3 atom stereocenters. The number of hydrogen-bond acceptors (Lipinski definition) is 3. The molecular formula is C28H27BrCl2N2O3. The van der Waals surface area contributed by atoms with E-state index in [1.807, 2.05) is 71.6 Å². The number of amides is 1. The predicted octanol–water partition coefficient (Wildman–Crippen LogP) is 7.32. The Morgan fingerprint density at radius 2 is 1.81 bits per heavy atom. The lowest BCUT2D eigenvalue weighted by molar-refractivity contribution is -0.157. The van der Waals surface area contributed by atoms with Crippen LogP contribution in [0.25, 0.3) is 0 Å². The molecule has 1 amide bonds. The second kappa shape index (κ2) is 11.3. The molecule has 0 aliphatic carbocycles. The van der Waals surface area contributed by atoms with Crippen LogP contribution in [0.1, 0.15) is 55.0 Å². The summed E-state index contributed by atoms with van der Waals surface area (Å²) in [4.78, 5) is 32.2. The molecule has 0 unspecified atom stereocenters. The Morgan fingerprint density at radius 3 is 2.47 bits per heavy atom. The molecule has 1 saturated heterocycles. The van der Waals surface area contributed by atoms with Crippen LogP contribution in [0.15, 0.2) is 71.3 Å². The Kier molecular flexibility index (Phi) is 8.38. The van der Waals surface area contributed by atoms with Gasteiger partial charge in [0.2, 0.25) is 5.91 Å². The molecule has 2 aromatic carbocycles. The molecule has 1 N–H and O–H groups in total. The number of aromatic nitrogens is 1. The van der Waals surface area contributed by atoms with Crippen LogP contribution < -0.4 is 0 Å². The largest absolute Gasteiger partial charge is 0.481 e. The van der Waals surface area contributed by atoms with Crippen molar-refractivity contribution in [2.75, 3.05) is 6.54 Å². The topological polar surface area (TPSA) is 70.5 Å². The van der Waals surface area contributed by atoms with Crippen LogP contribution in [-0.2, 0) is 16.0 Å². The highest BCUT2D eigenvalue weighted by Gasteiger charge is 2.50. The number of halogens is 3. The van der Waals surface area contributed by atoms with E-state index in [0.717, 1.165) is 21.4 Å². The lowest BCUT2D eigenvalue weighted by Crippen LogP contribution is -2.52. The second-order valence-corrected chi connectivity index (χ2v) is 11.2. The zero-order valence-corrected chi connectivity index (χ0v) is 22.9. The van der Waals surface area contributed by atoms with Crippen LogP contribution >= 0.6 is 39.1 Å². The standard InChI is InChI=1S/C28H27BrCl2N2O3/c1-28(17-25(34)35)16-23(19-5-2-6-21(31)15-19)26(18-10-12-20(30)13-11-18)33(27(28)36)14-4-8-22-7-3-9-24(29)32-22/h2-3,5-7,9-13,15,23,26H,4,8,14,16-17H2,1H3,(H,34,35)/t23-,26-,28-/m1/s1. The van der Waals surface area contributed by atoms with Gasteiger partial charge in [0.05, 0.1) is 17.9 Å². The molecule has 2 heterocycles. The summed E-state index contributed by atoms with van der Waals surface area (Å²) >= 11 is 16.0. The van der Waals surface area contributed by atoms with Crippen LogP contribution in [-0.4, -0.2) is 33.4 Å². The summed E-state index contributed by atoms with van der Waals surface area (Å²) in [6.45, 7) is 2.23. The Hall–Kier alpha value is -2.41. The third-order valence-corrected chi connectivity index (χ3v) is 7.73. The van der Waals surface area contributed by atoms with Crippen molar-refractivity contribution in [1.29, 1.82) is 0 Å². The van der Waals surface area contributed by atoms with Gasteiger partial charge in [-0.3, -0.25) is 9.59 Å². The summed E-state index contributed by atoms with van der Waals surface area (Å²) in [7, 11) is 0. The first-order valence-electron chi connectivity index (χ1n) is 11.8. The van der Waals surface area contributed by atoms with Crippen LogP contribution in [0, 0.1) is 5.41 Å². The van der Waals surface area contributed by atoms with Gasteiger partial charge in [-0.25, -0.2) is 4.98 Å². The number of carboxylic acid groups (broad SMARTS) is 1. The number of rotatable bonds is 8. The molecule has 36 heavy (non-hydrogen) atoms. The van der Waals surface area contributed by atoms with Gasteiger partial charge >= 0.3 is 5.97 Å². The van der Waals surface area contributed by atoms with E-state index >= 15 is 0 Å². The highest BCUT2D eigenvalue weighted by Crippen LogP contribution is 2.51. The van der Waals surface area contributed by atoms with Gasteiger partial charge in [0.25, 0.3) is 0 Å². The van der Waals surface area contributed by atoms with Gasteiger partial charge in [0, 0.05) is 28.2 Å². The number of pyridine rings is 1. The number of piperidine rings is 1. The van der Waals surface area contributed by atoms with Crippen molar-refractivity contribution in [1.82, 2.24) is 9.88 Å². The van der Waals surface area contributed by atoms with Crippen LogP contribution in [0.3, 0.4) is 0 Å². The van der Waals surface area contributed by atoms with E-state index in [0.29, 0.717) is 35.9 Å². The predicted molar refractivity (Wildman–Crippen MR) is 145 cm³/mol. The molecule has 1 aliphatic heterocycles. The number of aliphatic carboxylic acids is 1. The Labute approximate surface area is 229 Å². The first kappa shape index (κ1) is 26.6. The van der Waals surface area contributed by atoms with Gasteiger partial charge in [-0.2, -0.15) is 0 Å². The minimum absolute atomic E-state index is 0.143. The summed E-state index contributed by atoms with van der Waals surface area (Å²) in [6, 6.07) is 20.6. The number of nitrogens with zero attached hydrogens (tertiary/aromatic N) is 2. The lowest BCUT2D eigenvalue weighted by atomic mass is 9.67. The zero-order valence-electron chi connectivity index (χ0n) is 19.8. The van der Waals surface area contributed by atoms with Crippen molar-refractivity contribution < 1.29 is 14.7 Å². The van der Waals surface area contributed by atoms with Gasteiger partial charge in [-0.05, 0) is 82.7 Å². The summed E-state index contributed by atoms with van der Waals surface area (Å²) in [6.07, 6.45) is 1.54. The number of hydrogen-bond donors (Lipinski definition) is 1. The molecular weight excluding hydrogens is 563 g/mol. The zero-order chi connectivity index (χ0) is 25.9. The molecule has 3 aromatic rings. The quantitative estimate of drug-likeness (QED) is 0.279. The summed E-state index contributed by atoms with van der Waals surface area (Å²) in [5.41, 5.74) is 1.81. The third kappa shape index (κ3) is 6.10. The summed E-state index contributed by atoms with van der Waals surface area (Å²) in [5, 5.41) is 10.9. The maximum atomic E-state index is 14.0. The van der Waals surface area contributed by atoms with Crippen molar-refractivity contribution in [2.24, 2.45) is 5.41 Å². The average Bonchev–Trinajstić information content (AvgIpc) is 2.82. The minimum Gasteiger partial charge on any atom is -0.481 e. The molecule has 1 fully saturated rings. The summed E-state index contributed by atoms with van der Waals surface area (Å²) in [5.74, 6) is -1.28. The Balaban J connectivity index is 1.74. The van der Waals surface area contributed by atoms with E-state index in [1.165, 1.54) is 0 Å². The molecule has 1 aliphatic rings. The highest BCUT2D eigenvalue weighted by molar-refractivity contribution is 9.10. The molecule has 188 valence electrons. The number of aryl methyl sites for hydroxylation is 1. The maximum Gasteiger partial charge on any atom is 0.304 e. The first-order valence-corrected chi connectivity index (χ1v) is 13.4. The second-order valence-electron chi connectivity index (χ2n) is 9.55. The average molecular weight is 590 g/mol. The van der Waals surface area contributed by atoms with Crippen LogP contribution in [0.5, 0.6) is 0 Å². The molecule has 1 aromatic heterocycles. The van der Waals surface area contributed by atoms with E-state index in [1.54, 1.807) is 6.92 Å². The van der Waals surface area contributed by atoms with Crippen LogP contribution in [0.4, 0.5) is 0 Å². The Bertz CT molecular complexity index is 1250. The van der Waals surface area contributed by atoms with Crippen molar-refractivity contribution in [3.8, 4) is 0 Å². The van der Waals surface area contributed by atoms with E-state index in [9.17, 15) is 14.7 Å². The molecule has 4 rings (SSSR count). The van der Waals surface area contributed by atoms with Gasteiger partial charge in [-0.1, -0.05) is 60.5 Å². The van der Waals surface area contributed by atoms with Crippen molar-refractivity contribution in [3.63, 3.8) is 0 Å². The fraction of sp³-hybridized carbons (Fsp3) is 0.321. The maximum absolute atomic E-state index is 14.0. The van der Waals surface area contributed by atoms with Crippen molar-refractivity contribution in [2.45, 2.75) is 44.6 Å². The van der Waals surface area contributed by atoms with Gasteiger partial charge in [-0.15, -0.1) is 0 Å². The molecule has 5 nitrogen and oxygen atoms in total. The minimum atomic E-state index is -1.05. The monoisotopic (exact) mass is 588 g/mol. The highest BCUT2D eigenvalue weighted by atomic mass is 79.9. The van der Waals surface area contributed by atoms with Gasteiger partial charge < -0.3 is 10.0 Å². The third-order valence-electron chi connectivity index (χ3n) is 6.80. The molecule has 0 radical (unpaired) electrons. The number of carbonyl (C=O) groups excluding carboxylic acids is 1. The van der Waals surface area contributed by atoms with Crippen molar-refractivity contribution >= 4 is 51.0 Å². The SMILES string of the molecule is C[C@]1(CC(=O)O)C[C@H](c2cccc(Cl)c2)[C@@H](c2ccc(Cl)cc2)N(CCCc2cccc(Br)n2)C1=O. The van der Waals surface area contributed by atoms with Gasteiger partial charge in [0.15, 0.2) is 0 Å². The lowest BCUT2D eigenvalue weighted by Gasteiger charge is -2.49. The van der Waals surface area contributed by atoms with E-state index in [-0.39, 0.29) is 24.3 Å². The van der Waals surface area contributed by atoms with E-state index in [4.69, 9.17) is 23.2 Å². The van der Waals surface area contributed by atoms with Crippen molar-refractivity contribution in [3.05, 3.63) is 98.2 Å². The van der Waals surface area contributed by atoms with E-state index < -0.39 is 11.4 Å². The fourth-order valence-corrected chi connectivity index (χ4v) is 5.93. The van der Waals surface area contributed by atoms with E-state index in [2.05, 4.69) is 20.9 Å². The number of carbonyl (C=O) groups is 2. The smallest absolute Gasteiger partial charge is 0.304 e.